The Morgan fingerprint density at radius 1 is 1.16 bits per heavy atom. The van der Waals surface area contributed by atoms with Crippen molar-refractivity contribution in [1.82, 2.24) is 15.3 Å². The third kappa shape index (κ3) is 5.52. The Labute approximate surface area is 187 Å². The topological polar surface area (TPSA) is 75.5 Å². The molecule has 1 aliphatic heterocycles. The predicted molar refractivity (Wildman–Crippen MR) is 126 cm³/mol. The third-order valence-corrected chi connectivity index (χ3v) is 5.62. The molecule has 2 aromatic heterocycles. The first-order valence-corrected chi connectivity index (χ1v) is 10.9. The van der Waals surface area contributed by atoms with E-state index >= 15 is 0 Å². The zero-order chi connectivity index (χ0) is 21.6. The summed E-state index contributed by atoms with van der Waals surface area (Å²) in [4.78, 5) is 11.3. The van der Waals surface area contributed by atoms with Crippen molar-refractivity contribution in [3.8, 4) is 17.2 Å². The molecule has 2 N–H and O–H groups in total. The van der Waals surface area contributed by atoms with Crippen LogP contribution in [0.25, 0.3) is 11.3 Å². The van der Waals surface area contributed by atoms with Crippen LogP contribution in [-0.4, -0.2) is 35.3 Å². The minimum atomic E-state index is 0.412. The maximum Gasteiger partial charge on any atom is 0.234 e. The average Bonchev–Trinajstić information content (AvgIpc) is 3.28. The first-order chi connectivity index (χ1) is 15.1. The summed E-state index contributed by atoms with van der Waals surface area (Å²) in [5, 5.41) is 6.63. The SMILES string of the molecule is COc1cc(N2CCC(C)CC2)nc(NC(=S)NCc2ccc(-c3ccccc3)o2)n1. The summed E-state index contributed by atoms with van der Waals surface area (Å²) in [5.74, 6) is 4.13. The molecule has 7 nitrogen and oxygen atoms in total. The molecule has 0 spiro atoms. The van der Waals surface area contributed by atoms with Gasteiger partial charge in [-0.2, -0.15) is 9.97 Å². The summed E-state index contributed by atoms with van der Waals surface area (Å²) < 4.78 is 11.3. The van der Waals surface area contributed by atoms with Crippen LogP contribution in [0.3, 0.4) is 0 Å². The molecule has 1 aromatic carbocycles. The molecule has 162 valence electrons. The van der Waals surface area contributed by atoms with Gasteiger partial charge in [0.15, 0.2) is 5.11 Å². The smallest absolute Gasteiger partial charge is 0.234 e. The van der Waals surface area contributed by atoms with Gasteiger partial charge in [0.1, 0.15) is 17.3 Å². The predicted octanol–water partition coefficient (Wildman–Crippen LogP) is 4.47. The van der Waals surface area contributed by atoms with Crippen molar-refractivity contribution in [2.24, 2.45) is 5.92 Å². The lowest BCUT2D eigenvalue weighted by Gasteiger charge is -2.31. The Balaban J connectivity index is 1.37. The van der Waals surface area contributed by atoms with E-state index in [9.17, 15) is 0 Å². The molecule has 0 amide bonds. The van der Waals surface area contributed by atoms with Crippen LogP contribution in [0.15, 0.2) is 52.9 Å². The molecule has 3 aromatic rings. The van der Waals surface area contributed by atoms with Crippen LogP contribution in [0.5, 0.6) is 5.88 Å². The Kier molecular flexibility index (Phi) is 6.66. The van der Waals surface area contributed by atoms with Gasteiger partial charge < -0.3 is 24.7 Å². The number of ether oxygens (including phenoxy) is 1. The molecule has 31 heavy (non-hydrogen) atoms. The van der Waals surface area contributed by atoms with Gasteiger partial charge in [-0.05, 0) is 43.1 Å². The number of nitrogens with zero attached hydrogens (tertiary/aromatic N) is 3. The van der Waals surface area contributed by atoms with Gasteiger partial charge in [0, 0.05) is 24.7 Å². The fourth-order valence-electron chi connectivity index (χ4n) is 3.52. The summed E-state index contributed by atoms with van der Waals surface area (Å²) in [6.45, 7) is 4.70. The molecule has 0 aliphatic carbocycles. The second-order valence-electron chi connectivity index (χ2n) is 7.70. The first-order valence-electron chi connectivity index (χ1n) is 10.5. The maximum atomic E-state index is 5.91. The molecule has 0 unspecified atom stereocenters. The summed E-state index contributed by atoms with van der Waals surface area (Å²) in [7, 11) is 1.60. The quantitative estimate of drug-likeness (QED) is 0.547. The molecule has 0 radical (unpaired) electrons. The molecule has 8 heteroatoms. The van der Waals surface area contributed by atoms with E-state index < -0.39 is 0 Å². The minimum absolute atomic E-state index is 0.412. The molecule has 1 fully saturated rings. The lowest BCUT2D eigenvalue weighted by molar-refractivity contribution is 0.396. The second-order valence-corrected chi connectivity index (χ2v) is 8.11. The minimum Gasteiger partial charge on any atom is -0.481 e. The van der Waals surface area contributed by atoms with E-state index in [-0.39, 0.29) is 0 Å². The van der Waals surface area contributed by atoms with Gasteiger partial charge in [-0.1, -0.05) is 37.3 Å². The van der Waals surface area contributed by atoms with Crippen LogP contribution in [0.4, 0.5) is 11.8 Å². The van der Waals surface area contributed by atoms with E-state index in [1.807, 2.05) is 48.5 Å². The molecule has 0 bridgehead atoms. The summed E-state index contributed by atoms with van der Waals surface area (Å²) in [6.07, 6.45) is 2.31. The van der Waals surface area contributed by atoms with E-state index in [0.29, 0.717) is 23.5 Å². The standard InChI is InChI=1S/C23H27N5O2S/c1-16-10-12-28(13-11-16)20-14-21(29-2)26-22(25-20)27-23(31)24-15-18-8-9-19(30-18)17-6-4-3-5-7-17/h3-9,14,16H,10-13,15H2,1-2H3,(H2,24,25,26,27,31). The molecule has 0 atom stereocenters. The van der Waals surface area contributed by atoms with Gasteiger partial charge in [0.2, 0.25) is 11.8 Å². The molecular weight excluding hydrogens is 410 g/mol. The Morgan fingerprint density at radius 2 is 1.94 bits per heavy atom. The Morgan fingerprint density at radius 3 is 2.68 bits per heavy atom. The van der Waals surface area contributed by atoms with Gasteiger partial charge in [-0.3, -0.25) is 0 Å². The highest BCUT2D eigenvalue weighted by molar-refractivity contribution is 7.80. The number of benzene rings is 1. The van der Waals surface area contributed by atoms with E-state index in [4.69, 9.17) is 21.4 Å². The normalized spacial score (nSPS) is 14.3. The molecule has 1 saturated heterocycles. The number of methoxy groups -OCH3 is 1. The molecule has 1 aliphatic rings. The van der Waals surface area contributed by atoms with E-state index in [0.717, 1.165) is 54.8 Å². The number of anilines is 2. The number of aromatic nitrogens is 2. The van der Waals surface area contributed by atoms with Crippen LogP contribution in [0, 0.1) is 5.92 Å². The van der Waals surface area contributed by atoms with Crippen LogP contribution < -0.4 is 20.3 Å². The highest BCUT2D eigenvalue weighted by atomic mass is 32.1. The zero-order valence-corrected chi connectivity index (χ0v) is 18.6. The number of nitrogens with one attached hydrogen (secondary N) is 2. The van der Waals surface area contributed by atoms with Crippen LogP contribution in [-0.2, 0) is 6.54 Å². The lowest BCUT2D eigenvalue weighted by atomic mass is 9.99. The van der Waals surface area contributed by atoms with Crippen molar-refractivity contribution in [2.45, 2.75) is 26.3 Å². The van der Waals surface area contributed by atoms with Gasteiger partial charge in [-0.15, -0.1) is 0 Å². The third-order valence-electron chi connectivity index (χ3n) is 5.37. The van der Waals surface area contributed by atoms with E-state index in [1.54, 1.807) is 7.11 Å². The second kappa shape index (κ2) is 9.78. The highest BCUT2D eigenvalue weighted by Gasteiger charge is 2.19. The number of thiocarbonyl (C=S) groups is 1. The largest absolute Gasteiger partial charge is 0.481 e. The van der Waals surface area contributed by atoms with Gasteiger partial charge in [0.25, 0.3) is 0 Å². The average molecular weight is 438 g/mol. The van der Waals surface area contributed by atoms with Crippen molar-refractivity contribution in [1.29, 1.82) is 0 Å². The molecule has 0 saturated carbocycles. The Bertz CT molecular complexity index is 1020. The monoisotopic (exact) mass is 437 g/mol. The Hall–Kier alpha value is -3.13. The molecule has 4 rings (SSSR count). The first kappa shape index (κ1) is 21.1. The number of piperidine rings is 1. The van der Waals surface area contributed by atoms with Crippen LogP contribution >= 0.6 is 12.2 Å². The van der Waals surface area contributed by atoms with Crippen molar-refractivity contribution < 1.29 is 9.15 Å². The van der Waals surface area contributed by atoms with Crippen molar-refractivity contribution in [3.05, 3.63) is 54.3 Å². The summed E-state index contributed by atoms with van der Waals surface area (Å²) >= 11 is 5.43. The van der Waals surface area contributed by atoms with Crippen molar-refractivity contribution in [2.75, 3.05) is 30.4 Å². The number of hydrogen-bond acceptors (Lipinski definition) is 6. The van der Waals surface area contributed by atoms with Crippen LogP contribution in [0.2, 0.25) is 0 Å². The fourth-order valence-corrected chi connectivity index (χ4v) is 3.68. The van der Waals surface area contributed by atoms with Crippen molar-refractivity contribution in [3.63, 3.8) is 0 Å². The maximum absolute atomic E-state index is 5.91. The van der Waals surface area contributed by atoms with Gasteiger partial charge >= 0.3 is 0 Å². The van der Waals surface area contributed by atoms with Crippen molar-refractivity contribution >= 4 is 29.1 Å². The highest BCUT2D eigenvalue weighted by Crippen LogP contribution is 2.25. The van der Waals surface area contributed by atoms with Crippen LogP contribution in [0.1, 0.15) is 25.5 Å². The molecule has 3 heterocycles. The zero-order valence-electron chi connectivity index (χ0n) is 17.8. The summed E-state index contributed by atoms with van der Waals surface area (Å²) in [6, 6.07) is 15.8. The fraction of sp³-hybridized carbons (Fsp3) is 0.348. The number of furan rings is 1. The van der Waals surface area contributed by atoms with E-state index in [1.165, 1.54) is 0 Å². The number of hydrogen-bond donors (Lipinski definition) is 2. The lowest BCUT2D eigenvalue weighted by Crippen LogP contribution is -2.34. The molecular formula is C23H27N5O2S. The van der Waals surface area contributed by atoms with Gasteiger partial charge in [-0.25, -0.2) is 0 Å². The summed E-state index contributed by atoms with van der Waals surface area (Å²) in [5.41, 5.74) is 1.04. The van der Waals surface area contributed by atoms with Gasteiger partial charge in [0.05, 0.1) is 13.7 Å². The number of rotatable bonds is 6. The van der Waals surface area contributed by atoms with E-state index in [2.05, 4.69) is 32.4 Å².